The first kappa shape index (κ1) is 20.6. The van der Waals surface area contributed by atoms with E-state index in [0.29, 0.717) is 16.9 Å². The number of aryl methyl sites for hydroxylation is 2. The normalized spacial score (nSPS) is 14.1. The molecule has 0 fully saturated rings. The van der Waals surface area contributed by atoms with Crippen LogP contribution in [0.1, 0.15) is 35.3 Å². The van der Waals surface area contributed by atoms with Gasteiger partial charge in [-0.25, -0.2) is 9.69 Å². The highest BCUT2D eigenvalue weighted by Crippen LogP contribution is 2.31. The summed E-state index contributed by atoms with van der Waals surface area (Å²) in [5.41, 5.74) is 3.19. The average molecular weight is 413 g/mol. The molecule has 2 aromatic rings. The van der Waals surface area contributed by atoms with Crippen molar-refractivity contribution in [1.29, 1.82) is 0 Å². The van der Waals surface area contributed by atoms with Gasteiger partial charge >= 0.3 is 5.97 Å². The van der Waals surface area contributed by atoms with Crippen molar-refractivity contribution in [3.05, 3.63) is 69.9 Å². The molecule has 2 aromatic carbocycles. The van der Waals surface area contributed by atoms with Crippen LogP contribution >= 0.6 is 11.6 Å². The van der Waals surface area contributed by atoms with Crippen molar-refractivity contribution in [1.82, 2.24) is 0 Å². The van der Waals surface area contributed by atoms with Crippen molar-refractivity contribution >= 4 is 40.8 Å². The third-order valence-corrected chi connectivity index (χ3v) is 4.84. The van der Waals surface area contributed by atoms with Gasteiger partial charge in [0, 0.05) is 5.69 Å². The second-order valence-corrected chi connectivity index (χ2v) is 7.44. The van der Waals surface area contributed by atoms with Crippen LogP contribution in [0, 0.1) is 13.8 Å². The van der Waals surface area contributed by atoms with Crippen molar-refractivity contribution in [2.75, 3.05) is 10.2 Å². The van der Waals surface area contributed by atoms with Crippen molar-refractivity contribution < 1.29 is 19.1 Å². The van der Waals surface area contributed by atoms with Crippen LogP contribution in [0.4, 0.5) is 11.4 Å². The zero-order valence-corrected chi connectivity index (χ0v) is 17.3. The number of halogens is 1. The van der Waals surface area contributed by atoms with Crippen LogP contribution in [-0.4, -0.2) is 23.9 Å². The van der Waals surface area contributed by atoms with E-state index in [9.17, 15) is 14.4 Å². The fourth-order valence-electron chi connectivity index (χ4n) is 2.86. The number of anilines is 2. The zero-order chi connectivity index (χ0) is 21.3. The molecule has 0 atom stereocenters. The van der Waals surface area contributed by atoms with E-state index in [1.54, 1.807) is 50.2 Å². The largest absolute Gasteiger partial charge is 0.459 e. The Balaban J connectivity index is 1.86. The van der Waals surface area contributed by atoms with E-state index in [0.717, 1.165) is 16.0 Å². The first-order valence-electron chi connectivity index (χ1n) is 9.13. The fraction of sp³-hybridized carbons (Fsp3) is 0.227. The van der Waals surface area contributed by atoms with Crippen LogP contribution in [0.25, 0.3) is 0 Å². The van der Waals surface area contributed by atoms with Crippen molar-refractivity contribution in [2.24, 2.45) is 0 Å². The van der Waals surface area contributed by atoms with Gasteiger partial charge in [-0.3, -0.25) is 9.59 Å². The number of amides is 2. The topological polar surface area (TPSA) is 75.7 Å². The molecule has 0 spiro atoms. The molecule has 1 heterocycles. The van der Waals surface area contributed by atoms with Gasteiger partial charge in [0.25, 0.3) is 11.8 Å². The summed E-state index contributed by atoms with van der Waals surface area (Å²) in [5, 5.41) is 2.67. The minimum atomic E-state index is -0.599. The number of hydrogen-bond donors (Lipinski definition) is 1. The van der Waals surface area contributed by atoms with Crippen LogP contribution in [0.15, 0.2) is 53.2 Å². The number of carbonyl (C=O) groups is 3. The van der Waals surface area contributed by atoms with Gasteiger partial charge in [-0.15, -0.1) is 0 Å². The number of hydrogen-bond acceptors (Lipinski definition) is 5. The van der Waals surface area contributed by atoms with E-state index in [2.05, 4.69) is 5.32 Å². The quantitative estimate of drug-likeness (QED) is 0.585. The molecule has 0 bridgehead atoms. The average Bonchev–Trinajstić information content (AvgIpc) is 2.87. The smallest absolute Gasteiger partial charge is 0.338 e. The summed E-state index contributed by atoms with van der Waals surface area (Å²) in [4.78, 5) is 38.7. The van der Waals surface area contributed by atoms with Crippen molar-refractivity contribution in [3.63, 3.8) is 0 Å². The van der Waals surface area contributed by atoms with Gasteiger partial charge in [0.15, 0.2) is 0 Å². The number of nitrogens with one attached hydrogen (secondary N) is 1. The Hall–Kier alpha value is -3.12. The summed E-state index contributed by atoms with van der Waals surface area (Å²) in [5.74, 6) is -1.63. The molecule has 1 N–H and O–H groups in total. The maximum atomic E-state index is 12.9. The first-order chi connectivity index (χ1) is 13.7. The zero-order valence-electron chi connectivity index (χ0n) is 16.6. The summed E-state index contributed by atoms with van der Waals surface area (Å²) in [6, 6.07) is 11.8. The second-order valence-electron chi connectivity index (χ2n) is 7.06. The number of imide groups is 1. The van der Waals surface area contributed by atoms with E-state index in [4.69, 9.17) is 16.3 Å². The molecule has 0 aliphatic carbocycles. The predicted molar refractivity (Wildman–Crippen MR) is 112 cm³/mol. The van der Waals surface area contributed by atoms with Gasteiger partial charge < -0.3 is 10.1 Å². The van der Waals surface area contributed by atoms with E-state index in [1.807, 2.05) is 19.9 Å². The SMILES string of the molecule is Cc1ccc(N2C(=O)C(Cl)=C(Nc3cccc(C(=O)OC(C)C)c3)C2=O)cc1C. The Kier molecular flexibility index (Phi) is 5.75. The molecule has 3 rings (SSSR count). The number of rotatable bonds is 5. The summed E-state index contributed by atoms with van der Waals surface area (Å²) < 4.78 is 5.18. The van der Waals surface area contributed by atoms with Gasteiger partial charge in [-0.2, -0.15) is 0 Å². The van der Waals surface area contributed by atoms with Crippen LogP contribution in [-0.2, 0) is 14.3 Å². The molecular weight excluding hydrogens is 392 g/mol. The standard InChI is InChI=1S/C22H21ClN2O4/c1-12(2)29-22(28)15-6-5-7-16(11-15)24-19-18(23)20(26)25(21(19)27)17-9-8-13(3)14(4)10-17/h5-12,24H,1-4H3. The highest BCUT2D eigenvalue weighted by atomic mass is 35.5. The maximum Gasteiger partial charge on any atom is 0.338 e. The summed E-state index contributed by atoms with van der Waals surface area (Å²) in [7, 11) is 0. The molecule has 0 radical (unpaired) electrons. The molecule has 0 saturated carbocycles. The lowest BCUT2D eigenvalue weighted by Crippen LogP contribution is -2.32. The van der Waals surface area contributed by atoms with Gasteiger partial charge in [0.2, 0.25) is 0 Å². The highest BCUT2D eigenvalue weighted by molar-refractivity contribution is 6.53. The molecule has 29 heavy (non-hydrogen) atoms. The molecule has 0 saturated heterocycles. The van der Waals surface area contributed by atoms with Crippen LogP contribution in [0.3, 0.4) is 0 Å². The summed E-state index contributed by atoms with van der Waals surface area (Å²) in [6.07, 6.45) is -0.253. The Labute approximate surface area is 174 Å². The number of benzene rings is 2. The van der Waals surface area contributed by atoms with E-state index in [1.165, 1.54) is 0 Å². The van der Waals surface area contributed by atoms with E-state index in [-0.39, 0.29) is 16.8 Å². The van der Waals surface area contributed by atoms with Gasteiger partial charge in [-0.05, 0) is 69.2 Å². The van der Waals surface area contributed by atoms with Gasteiger partial charge in [-0.1, -0.05) is 23.7 Å². The molecule has 1 aliphatic heterocycles. The second kappa shape index (κ2) is 8.09. The molecule has 0 unspecified atom stereocenters. The maximum absolute atomic E-state index is 12.9. The summed E-state index contributed by atoms with van der Waals surface area (Å²) in [6.45, 7) is 7.37. The number of esters is 1. The lowest BCUT2D eigenvalue weighted by Gasteiger charge is -2.16. The first-order valence-corrected chi connectivity index (χ1v) is 9.50. The Morgan fingerprint density at radius 2 is 1.76 bits per heavy atom. The molecule has 1 aliphatic rings. The summed E-state index contributed by atoms with van der Waals surface area (Å²) >= 11 is 6.17. The minimum Gasteiger partial charge on any atom is -0.459 e. The third kappa shape index (κ3) is 4.17. The van der Waals surface area contributed by atoms with E-state index < -0.39 is 17.8 Å². The monoisotopic (exact) mass is 412 g/mol. The molecular formula is C22H21ClN2O4. The Bertz CT molecular complexity index is 1040. The highest BCUT2D eigenvalue weighted by Gasteiger charge is 2.39. The van der Waals surface area contributed by atoms with Crippen molar-refractivity contribution in [2.45, 2.75) is 33.8 Å². The van der Waals surface area contributed by atoms with Crippen LogP contribution in [0.5, 0.6) is 0 Å². The van der Waals surface area contributed by atoms with Gasteiger partial charge in [0.05, 0.1) is 17.4 Å². The third-order valence-electron chi connectivity index (χ3n) is 4.49. The van der Waals surface area contributed by atoms with Gasteiger partial charge in [0.1, 0.15) is 10.7 Å². The van der Waals surface area contributed by atoms with Crippen LogP contribution in [0.2, 0.25) is 0 Å². The number of carbonyl (C=O) groups excluding carboxylic acids is 3. The Morgan fingerprint density at radius 3 is 2.41 bits per heavy atom. The van der Waals surface area contributed by atoms with Crippen molar-refractivity contribution in [3.8, 4) is 0 Å². The number of nitrogens with zero attached hydrogens (tertiary/aromatic N) is 1. The lowest BCUT2D eigenvalue weighted by molar-refractivity contribution is -0.120. The van der Waals surface area contributed by atoms with E-state index >= 15 is 0 Å². The number of ether oxygens (including phenoxy) is 1. The fourth-order valence-corrected chi connectivity index (χ4v) is 3.07. The molecule has 0 aromatic heterocycles. The molecule has 2 amide bonds. The van der Waals surface area contributed by atoms with Crippen LogP contribution < -0.4 is 10.2 Å². The molecule has 7 heteroatoms. The Morgan fingerprint density at radius 1 is 1.03 bits per heavy atom. The molecule has 150 valence electrons. The molecule has 6 nitrogen and oxygen atoms in total. The minimum absolute atomic E-state index is 0.0377. The predicted octanol–water partition coefficient (Wildman–Crippen LogP) is 4.30. The lowest BCUT2D eigenvalue weighted by atomic mass is 10.1.